The van der Waals surface area contributed by atoms with Crippen LogP contribution in [-0.4, -0.2) is 37.8 Å². The van der Waals surface area contributed by atoms with E-state index in [0.29, 0.717) is 5.56 Å². The fraction of sp³-hybridized carbons (Fsp3) is 0.300. The minimum absolute atomic E-state index is 0.180. The summed E-state index contributed by atoms with van der Waals surface area (Å²) in [5, 5.41) is 8.47. The molecule has 1 aromatic rings. The minimum atomic E-state index is -4.13. The summed E-state index contributed by atoms with van der Waals surface area (Å²) in [5.41, 5.74) is 0.303. The Morgan fingerprint density at radius 2 is 2.00 bits per heavy atom. The summed E-state index contributed by atoms with van der Waals surface area (Å²) < 4.78 is 40.0. The zero-order chi connectivity index (χ0) is 13.8. The molecule has 0 amide bonds. The predicted molar refractivity (Wildman–Crippen MR) is 61.4 cm³/mol. The van der Waals surface area contributed by atoms with Crippen LogP contribution in [0.3, 0.4) is 0 Å². The van der Waals surface area contributed by atoms with Crippen LogP contribution in [0.1, 0.15) is 5.56 Å². The summed E-state index contributed by atoms with van der Waals surface area (Å²) in [6, 6.07) is 4.13. The molecule has 0 saturated heterocycles. The van der Waals surface area contributed by atoms with Gasteiger partial charge in [-0.1, -0.05) is 6.07 Å². The molecule has 0 aliphatic heterocycles. The molecule has 1 rings (SSSR count). The van der Waals surface area contributed by atoms with E-state index in [-0.39, 0.29) is 11.5 Å². The molecule has 0 bridgehead atoms. The highest BCUT2D eigenvalue weighted by Crippen LogP contribution is 2.28. The number of benzene rings is 1. The molecule has 0 atom stereocenters. The van der Waals surface area contributed by atoms with Gasteiger partial charge in [-0.05, 0) is 17.7 Å². The first kappa shape index (κ1) is 14.3. The Bertz CT molecular complexity index is 535. The number of methoxy groups -OCH3 is 1. The van der Waals surface area contributed by atoms with Gasteiger partial charge < -0.3 is 14.6 Å². The van der Waals surface area contributed by atoms with E-state index in [1.807, 2.05) is 0 Å². The van der Waals surface area contributed by atoms with Gasteiger partial charge in [0.05, 0.1) is 7.11 Å². The second-order valence-electron chi connectivity index (χ2n) is 3.39. The third-order valence-corrected chi connectivity index (χ3v) is 2.63. The standard InChI is InChI=1S/C10H12O7S/c1-16-9-4-7(6-18(13,14)15)2-3-8(9)17-5-10(11)12/h2-4H,5-6H2,1H3,(H,11,12)(H,13,14,15). The molecule has 0 aliphatic carbocycles. The molecule has 0 aromatic heterocycles. The van der Waals surface area contributed by atoms with Gasteiger partial charge in [0.15, 0.2) is 18.1 Å². The predicted octanol–water partition coefficient (Wildman–Crippen LogP) is 0.546. The maximum atomic E-state index is 10.7. The highest BCUT2D eigenvalue weighted by atomic mass is 32.2. The summed E-state index contributed by atoms with van der Waals surface area (Å²) >= 11 is 0. The average molecular weight is 276 g/mol. The van der Waals surface area contributed by atoms with Gasteiger partial charge in [-0.3, -0.25) is 4.55 Å². The van der Waals surface area contributed by atoms with E-state index in [9.17, 15) is 13.2 Å². The largest absolute Gasteiger partial charge is 0.493 e. The van der Waals surface area contributed by atoms with Gasteiger partial charge in [0.1, 0.15) is 5.75 Å². The minimum Gasteiger partial charge on any atom is -0.493 e. The van der Waals surface area contributed by atoms with Gasteiger partial charge in [-0.25, -0.2) is 4.79 Å². The van der Waals surface area contributed by atoms with Crippen molar-refractivity contribution in [2.24, 2.45) is 0 Å². The van der Waals surface area contributed by atoms with Crippen LogP contribution in [0.2, 0.25) is 0 Å². The molecule has 0 saturated carbocycles. The lowest BCUT2D eigenvalue weighted by atomic mass is 10.2. The van der Waals surface area contributed by atoms with Crippen LogP contribution in [0.15, 0.2) is 18.2 Å². The smallest absolute Gasteiger partial charge is 0.341 e. The number of carboxylic acids is 1. The van der Waals surface area contributed by atoms with Gasteiger partial charge in [-0.15, -0.1) is 0 Å². The van der Waals surface area contributed by atoms with Gasteiger partial charge >= 0.3 is 5.97 Å². The molecule has 0 fully saturated rings. The van der Waals surface area contributed by atoms with Crippen molar-refractivity contribution in [1.82, 2.24) is 0 Å². The van der Waals surface area contributed by atoms with E-state index in [0.717, 1.165) is 0 Å². The van der Waals surface area contributed by atoms with Crippen LogP contribution in [-0.2, 0) is 20.7 Å². The fourth-order valence-corrected chi connectivity index (χ4v) is 1.87. The molecular weight excluding hydrogens is 264 g/mol. The zero-order valence-electron chi connectivity index (χ0n) is 9.49. The lowest BCUT2D eigenvalue weighted by molar-refractivity contribution is -0.139. The number of rotatable bonds is 6. The fourth-order valence-electron chi connectivity index (χ4n) is 1.27. The van der Waals surface area contributed by atoms with Crippen molar-refractivity contribution in [3.05, 3.63) is 23.8 Å². The first-order chi connectivity index (χ1) is 8.31. The lowest BCUT2D eigenvalue weighted by Gasteiger charge is -2.10. The molecule has 0 radical (unpaired) electrons. The molecule has 0 unspecified atom stereocenters. The van der Waals surface area contributed by atoms with Crippen molar-refractivity contribution < 1.29 is 32.3 Å². The third-order valence-electron chi connectivity index (χ3n) is 1.93. The van der Waals surface area contributed by atoms with Crippen molar-refractivity contribution in [2.75, 3.05) is 13.7 Å². The van der Waals surface area contributed by atoms with E-state index in [4.69, 9.17) is 19.1 Å². The van der Waals surface area contributed by atoms with Crippen LogP contribution in [0.5, 0.6) is 11.5 Å². The van der Waals surface area contributed by atoms with E-state index in [1.54, 1.807) is 0 Å². The molecule has 0 spiro atoms. The number of ether oxygens (including phenoxy) is 2. The number of carboxylic acid groups (broad SMARTS) is 1. The Kier molecular flexibility index (Phi) is 4.51. The molecule has 1 aromatic carbocycles. The lowest BCUT2D eigenvalue weighted by Crippen LogP contribution is -2.10. The maximum absolute atomic E-state index is 10.7. The first-order valence-electron chi connectivity index (χ1n) is 4.78. The molecule has 8 heteroatoms. The molecule has 0 heterocycles. The summed E-state index contributed by atoms with van der Waals surface area (Å²) in [7, 11) is -2.80. The molecule has 0 aliphatic rings. The van der Waals surface area contributed by atoms with Crippen LogP contribution < -0.4 is 9.47 Å². The Balaban J connectivity index is 2.92. The average Bonchev–Trinajstić information content (AvgIpc) is 2.24. The zero-order valence-corrected chi connectivity index (χ0v) is 10.3. The highest BCUT2D eigenvalue weighted by molar-refractivity contribution is 7.85. The van der Waals surface area contributed by atoms with Crippen LogP contribution in [0.25, 0.3) is 0 Å². The van der Waals surface area contributed by atoms with Crippen LogP contribution in [0, 0.1) is 0 Å². The molecule has 100 valence electrons. The van der Waals surface area contributed by atoms with Crippen LogP contribution >= 0.6 is 0 Å². The summed E-state index contributed by atoms with van der Waals surface area (Å²) in [5.74, 6) is -1.32. The first-order valence-corrected chi connectivity index (χ1v) is 6.39. The van der Waals surface area contributed by atoms with E-state index >= 15 is 0 Å². The van der Waals surface area contributed by atoms with E-state index in [2.05, 4.69) is 0 Å². The SMILES string of the molecule is COc1cc(CS(=O)(=O)O)ccc1OCC(=O)O. The number of carbonyl (C=O) groups is 1. The van der Waals surface area contributed by atoms with Gasteiger partial charge in [0, 0.05) is 0 Å². The maximum Gasteiger partial charge on any atom is 0.341 e. The Morgan fingerprint density at radius 1 is 1.33 bits per heavy atom. The van der Waals surface area contributed by atoms with Crippen molar-refractivity contribution in [3.8, 4) is 11.5 Å². The van der Waals surface area contributed by atoms with Crippen LogP contribution in [0.4, 0.5) is 0 Å². The molecule has 2 N–H and O–H groups in total. The molecular formula is C10H12O7S. The van der Waals surface area contributed by atoms with Gasteiger partial charge in [0.2, 0.25) is 0 Å². The van der Waals surface area contributed by atoms with Crippen molar-refractivity contribution in [1.29, 1.82) is 0 Å². The number of aliphatic carboxylic acids is 1. The highest BCUT2D eigenvalue weighted by Gasteiger charge is 2.11. The van der Waals surface area contributed by atoms with Gasteiger partial charge in [0.25, 0.3) is 10.1 Å². The van der Waals surface area contributed by atoms with Crippen molar-refractivity contribution >= 4 is 16.1 Å². The summed E-state index contributed by atoms with van der Waals surface area (Å²) in [6.45, 7) is -0.534. The van der Waals surface area contributed by atoms with Gasteiger partial charge in [-0.2, -0.15) is 8.42 Å². The second-order valence-corrected chi connectivity index (χ2v) is 4.85. The summed E-state index contributed by atoms with van der Waals surface area (Å²) in [6.07, 6.45) is 0. The van der Waals surface area contributed by atoms with E-state index in [1.165, 1.54) is 25.3 Å². The molecule has 7 nitrogen and oxygen atoms in total. The topological polar surface area (TPSA) is 110 Å². The third kappa shape index (κ3) is 4.60. The quantitative estimate of drug-likeness (QED) is 0.730. The second kappa shape index (κ2) is 5.69. The van der Waals surface area contributed by atoms with E-state index < -0.39 is 28.4 Å². The summed E-state index contributed by atoms with van der Waals surface area (Å²) in [4.78, 5) is 10.3. The van der Waals surface area contributed by atoms with Crippen molar-refractivity contribution in [3.63, 3.8) is 0 Å². The number of hydrogen-bond donors (Lipinski definition) is 2. The monoisotopic (exact) mass is 276 g/mol. The molecule has 18 heavy (non-hydrogen) atoms. The Labute approximate surface area is 104 Å². The Morgan fingerprint density at radius 3 is 2.50 bits per heavy atom. The normalized spacial score (nSPS) is 11.0. The van der Waals surface area contributed by atoms with Crippen molar-refractivity contribution in [2.45, 2.75) is 5.75 Å². The number of hydrogen-bond acceptors (Lipinski definition) is 5. The Hall–Kier alpha value is -1.80.